The van der Waals surface area contributed by atoms with Gasteiger partial charge in [0.2, 0.25) is 5.95 Å². The van der Waals surface area contributed by atoms with E-state index in [9.17, 15) is 8.78 Å². The van der Waals surface area contributed by atoms with Gasteiger partial charge in [-0.15, -0.1) is 0 Å². The summed E-state index contributed by atoms with van der Waals surface area (Å²) in [6, 6.07) is 5.05. The van der Waals surface area contributed by atoms with E-state index in [2.05, 4.69) is 20.1 Å². The van der Waals surface area contributed by atoms with Crippen molar-refractivity contribution in [1.82, 2.24) is 24.7 Å². The number of nitrogens with two attached hydrogens (primary N) is 1. The smallest absolute Gasteiger partial charge is 0.255 e. The molecule has 2 aromatic heterocycles. The van der Waals surface area contributed by atoms with E-state index in [0.29, 0.717) is 5.56 Å². The molecule has 0 saturated carbocycles. The summed E-state index contributed by atoms with van der Waals surface area (Å²) in [5.41, 5.74) is 5.90. The minimum Gasteiger partial charge on any atom is -0.368 e. The van der Waals surface area contributed by atoms with Gasteiger partial charge in [0.1, 0.15) is 0 Å². The summed E-state index contributed by atoms with van der Waals surface area (Å²) in [5, 5.41) is 3.97. The first kappa shape index (κ1) is 12.2. The minimum absolute atomic E-state index is 0.0368. The van der Waals surface area contributed by atoms with Crippen LogP contribution in [0, 0.1) is 11.6 Å². The molecule has 3 aromatic rings. The molecule has 2 heterocycles. The van der Waals surface area contributed by atoms with Crippen molar-refractivity contribution in [2.24, 2.45) is 0 Å². The molecule has 20 heavy (non-hydrogen) atoms. The van der Waals surface area contributed by atoms with Gasteiger partial charge < -0.3 is 5.73 Å². The lowest BCUT2D eigenvalue weighted by Crippen LogP contribution is -2.08. The van der Waals surface area contributed by atoms with Gasteiger partial charge in [-0.25, -0.2) is 13.5 Å². The van der Waals surface area contributed by atoms with E-state index < -0.39 is 11.6 Å². The van der Waals surface area contributed by atoms with Gasteiger partial charge in [-0.1, -0.05) is 0 Å². The number of nitrogens with zero attached hydrogens (tertiary/aromatic N) is 5. The first-order valence-corrected chi connectivity index (χ1v) is 5.60. The average molecular weight is 274 g/mol. The van der Waals surface area contributed by atoms with Crippen LogP contribution in [0.25, 0.3) is 17.3 Å². The SMILES string of the molecule is Nc1nc(-c2ccc(F)c(F)c2)nc(-n2cccn2)n1. The van der Waals surface area contributed by atoms with Crippen LogP contribution in [0.4, 0.5) is 14.7 Å². The Hall–Kier alpha value is -2.90. The predicted molar refractivity (Wildman–Crippen MR) is 66.7 cm³/mol. The zero-order chi connectivity index (χ0) is 14.1. The number of benzene rings is 1. The molecule has 0 amide bonds. The van der Waals surface area contributed by atoms with Crippen LogP contribution in [0.1, 0.15) is 0 Å². The van der Waals surface area contributed by atoms with E-state index in [1.807, 2.05) is 0 Å². The second kappa shape index (κ2) is 4.65. The molecule has 6 nitrogen and oxygen atoms in total. The molecule has 0 aliphatic rings. The summed E-state index contributed by atoms with van der Waals surface area (Å²) >= 11 is 0. The Labute approximate surface area is 111 Å². The minimum atomic E-state index is -0.984. The van der Waals surface area contributed by atoms with Crippen molar-refractivity contribution in [3.8, 4) is 17.3 Å². The van der Waals surface area contributed by atoms with E-state index in [1.54, 1.807) is 18.5 Å². The van der Waals surface area contributed by atoms with Gasteiger partial charge in [-0.05, 0) is 24.3 Å². The molecule has 0 aliphatic heterocycles. The Kier molecular flexibility index (Phi) is 2.82. The molecule has 2 N–H and O–H groups in total. The Balaban J connectivity index is 2.12. The van der Waals surface area contributed by atoms with Gasteiger partial charge in [0.05, 0.1) is 0 Å². The number of nitrogen functional groups attached to an aromatic ring is 1. The summed E-state index contributed by atoms with van der Waals surface area (Å²) in [6.45, 7) is 0. The molecule has 0 saturated heterocycles. The molecule has 0 atom stereocenters. The van der Waals surface area contributed by atoms with Gasteiger partial charge in [-0.2, -0.15) is 20.1 Å². The molecular weight excluding hydrogens is 266 g/mol. The molecule has 100 valence electrons. The number of hydrogen-bond donors (Lipinski definition) is 1. The Morgan fingerprint density at radius 3 is 2.60 bits per heavy atom. The highest BCUT2D eigenvalue weighted by Gasteiger charge is 2.11. The molecule has 0 aliphatic carbocycles. The van der Waals surface area contributed by atoms with Crippen molar-refractivity contribution in [3.63, 3.8) is 0 Å². The molecule has 0 unspecified atom stereocenters. The number of hydrogen-bond acceptors (Lipinski definition) is 5. The van der Waals surface area contributed by atoms with Crippen LogP contribution in [0.5, 0.6) is 0 Å². The van der Waals surface area contributed by atoms with Gasteiger partial charge in [0.15, 0.2) is 17.5 Å². The monoisotopic (exact) mass is 274 g/mol. The lowest BCUT2D eigenvalue weighted by molar-refractivity contribution is 0.509. The van der Waals surface area contributed by atoms with Crippen LogP contribution in [0.15, 0.2) is 36.7 Å². The van der Waals surface area contributed by atoms with E-state index in [1.165, 1.54) is 10.7 Å². The fourth-order valence-electron chi connectivity index (χ4n) is 1.63. The second-order valence-corrected chi connectivity index (χ2v) is 3.90. The lowest BCUT2D eigenvalue weighted by atomic mass is 10.2. The fourth-order valence-corrected chi connectivity index (χ4v) is 1.63. The van der Waals surface area contributed by atoms with Crippen molar-refractivity contribution in [2.75, 3.05) is 5.73 Å². The third kappa shape index (κ3) is 2.18. The van der Waals surface area contributed by atoms with E-state index >= 15 is 0 Å². The summed E-state index contributed by atoms with van der Waals surface area (Å²) in [5.74, 6) is -1.63. The maximum absolute atomic E-state index is 13.2. The largest absolute Gasteiger partial charge is 0.368 e. The number of aromatic nitrogens is 5. The fraction of sp³-hybridized carbons (Fsp3) is 0. The summed E-state index contributed by atoms with van der Waals surface area (Å²) in [7, 11) is 0. The normalized spacial score (nSPS) is 10.7. The van der Waals surface area contributed by atoms with Crippen LogP contribution in [-0.4, -0.2) is 24.7 Å². The summed E-state index contributed by atoms with van der Waals surface area (Å²) in [4.78, 5) is 12.0. The highest BCUT2D eigenvalue weighted by atomic mass is 19.2. The van der Waals surface area contributed by atoms with Crippen molar-refractivity contribution < 1.29 is 8.78 Å². The maximum Gasteiger partial charge on any atom is 0.255 e. The predicted octanol–water partition coefficient (Wildman–Crippen LogP) is 1.58. The molecule has 8 heteroatoms. The third-order valence-corrected chi connectivity index (χ3v) is 2.53. The van der Waals surface area contributed by atoms with Gasteiger partial charge >= 0.3 is 0 Å². The first-order valence-electron chi connectivity index (χ1n) is 5.60. The van der Waals surface area contributed by atoms with Crippen molar-refractivity contribution >= 4 is 5.95 Å². The standard InChI is InChI=1S/C12H8F2N6/c13-8-3-2-7(6-9(8)14)10-17-11(15)19-12(18-10)20-5-1-4-16-20/h1-6H,(H2,15,17,18,19). The Bertz CT molecular complexity index is 757. The molecule has 0 fully saturated rings. The van der Waals surface area contributed by atoms with Crippen LogP contribution in [-0.2, 0) is 0 Å². The number of halogens is 2. The molecule has 1 aromatic carbocycles. The second-order valence-electron chi connectivity index (χ2n) is 3.90. The van der Waals surface area contributed by atoms with E-state index in [4.69, 9.17) is 5.73 Å². The van der Waals surface area contributed by atoms with Crippen LogP contribution in [0.3, 0.4) is 0 Å². The zero-order valence-corrected chi connectivity index (χ0v) is 10.0. The van der Waals surface area contributed by atoms with Crippen LogP contribution < -0.4 is 5.73 Å². The molecule has 3 rings (SSSR count). The first-order chi connectivity index (χ1) is 9.63. The van der Waals surface area contributed by atoms with Gasteiger partial charge in [0.25, 0.3) is 5.95 Å². The maximum atomic E-state index is 13.2. The van der Waals surface area contributed by atoms with Gasteiger partial charge in [-0.3, -0.25) is 0 Å². The van der Waals surface area contributed by atoms with E-state index in [0.717, 1.165) is 12.1 Å². The number of rotatable bonds is 2. The van der Waals surface area contributed by atoms with E-state index in [-0.39, 0.29) is 17.7 Å². The van der Waals surface area contributed by atoms with Gasteiger partial charge in [0, 0.05) is 18.0 Å². The molecule has 0 bridgehead atoms. The highest BCUT2D eigenvalue weighted by molar-refractivity contribution is 5.56. The summed E-state index contributed by atoms with van der Waals surface area (Å²) < 4.78 is 27.6. The third-order valence-electron chi connectivity index (χ3n) is 2.53. The lowest BCUT2D eigenvalue weighted by Gasteiger charge is -2.05. The molecule has 0 spiro atoms. The Morgan fingerprint density at radius 1 is 1.05 bits per heavy atom. The van der Waals surface area contributed by atoms with Crippen molar-refractivity contribution in [2.45, 2.75) is 0 Å². The van der Waals surface area contributed by atoms with Crippen LogP contribution in [0.2, 0.25) is 0 Å². The average Bonchev–Trinajstić information content (AvgIpc) is 2.95. The Morgan fingerprint density at radius 2 is 1.90 bits per heavy atom. The summed E-state index contributed by atoms with van der Waals surface area (Å²) in [6.07, 6.45) is 3.18. The quantitative estimate of drug-likeness (QED) is 0.767. The number of anilines is 1. The van der Waals surface area contributed by atoms with Crippen molar-refractivity contribution in [1.29, 1.82) is 0 Å². The van der Waals surface area contributed by atoms with Crippen molar-refractivity contribution in [3.05, 3.63) is 48.3 Å². The molecular formula is C12H8F2N6. The van der Waals surface area contributed by atoms with Crippen LogP contribution >= 0.6 is 0 Å². The molecule has 0 radical (unpaired) electrons. The zero-order valence-electron chi connectivity index (χ0n) is 10.0. The topological polar surface area (TPSA) is 82.5 Å². The highest BCUT2D eigenvalue weighted by Crippen LogP contribution is 2.19.